The number of aromatic nitrogens is 1. The maximum atomic E-state index is 5.65. The molecule has 2 nitrogen and oxygen atoms in total. The van der Waals surface area contributed by atoms with Gasteiger partial charge in [-0.3, -0.25) is 0 Å². The van der Waals surface area contributed by atoms with Crippen molar-refractivity contribution in [2.24, 2.45) is 0 Å². The van der Waals surface area contributed by atoms with Crippen LogP contribution in [0.1, 0.15) is 16.7 Å². The Kier molecular flexibility index (Phi) is 2.65. The largest absolute Gasteiger partial charge is 0.384 e. The molecule has 0 aliphatic heterocycles. The summed E-state index contributed by atoms with van der Waals surface area (Å²) in [7, 11) is 0. The van der Waals surface area contributed by atoms with Gasteiger partial charge in [0.05, 0.1) is 0 Å². The Balaban J connectivity index is 2.54. The lowest BCUT2D eigenvalue weighted by atomic mass is 9.99. The van der Waals surface area contributed by atoms with Crippen molar-refractivity contribution in [3.8, 4) is 11.1 Å². The first-order valence-corrected chi connectivity index (χ1v) is 5.37. The first-order chi connectivity index (χ1) is 7.58. The van der Waals surface area contributed by atoms with Gasteiger partial charge in [-0.1, -0.05) is 18.2 Å². The summed E-state index contributed by atoms with van der Waals surface area (Å²) in [5.41, 5.74) is 11.8. The van der Waals surface area contributed by atoms with Gasteiger partial charge in [0.25, 0.3) is 0 Å². The number of aryl methyl sites for hydroxylation is 3. The van der Waals surface area contributed by atoms with Gasteiger partial charge in [0.1, 0.15) is 5.82 Å². The van der Waals surface area contributed by atoms with E-state index < -0.39 is 0 Å². The summed E-state index contributed by atoms with van der Waals surface area (Å²) in [6, 6.07) is 8.36. The molecule has 1 aromatic heterocycles. The fourth-order valence-corrected chi connectivity index (χ4v) is 1.79. The lowest BCUT2D eigenvalue weighted by Crippen LogP contribution is -1.93. The molecule has 0 aliphatic carbocycles. The minimum absolute atomic E-state index is 0.574. The smallest absolute Gasteiger partial charge is 0.123 e. The van der Waals surface area contributed by atoms with E-state index in [1.807, 2.05) is 12.3 Å². The topological polar surface area (TPSA) is 38.9 Å². The number of pyridine rings is 1. The van der Waals surface area contributed by atoms with E-state index >= 15 is 0 Å². The standard InChI is InChI=1S/C14H16N2/c1-9-4-5-12(6-10(9)2)13-8-16-14(15)7-11(13)3/h4-8H,1-3H3,(H2,15,16). The molecular formula is C14H16N2. The molecule has 0 bridgehead atoms. The van der Waals surface area contributed by atoms with Crippen LogP contribution in [0.2, 0.25) is 0 Å². The lowest BCUT2D eigenvalue weighted by molar-refractivity contribution is 1.28. The second-order valence-electron chi connectivity index (χ2n) is 4.22. The van der Waals surface area contributed by atoms with Crippen molar-refractivity contribution in [1.82, 2.24) is 4.98 Å². The Morgan fingerprint density at radius 1 is 0.938 bits per heavy atom. The van der Waals surface area contributed by atoms with E-state index in [0.717, 1.165) is 11.1 Å². The summed E-state index contributed by atoms with van der Waals surface area (Å²) in [4.78, 5) is 4.15. The van der Waals surface area contributed by atoms with E-state index in [1.165, 1.54) is 16.7 Å². The van der Waals surface area contributed by atoms with Gasteiger partial charge in [-0.25, -0.2) is 4.98 Å². The second-order valence-corrected chi connectivity index (χ2v) is 4.22. The normalized spacial score (nSPS) is 10.4. The van der Waals surface area contributed by atoms with Crippen LogP contribution in [0.3, 0.4) is 0 Å². The molecule has 2 rings (SSSR count). The minimum atomic E-state index is 0.574. The molecule has 2 heteroatoms. The van der Waals surface area contributed by atoms with Crippen LogP contribution in [0, 0.1) is 20.8 Å². The Morgan fingerprint density at radius 2 is 1.69 bits per heavy atom. The first kappa shape index (κ1) is 10.7. The van der Waals surface area contributed by atoms with Crippen LogP contribution < -0.4 is 5.73 Å². The number of nitrogens with two attached hydrogens (primary N) is 1. The third-order valence-corrected chi connectivity index (χ3v) is 2.95. The highest BCUT2D eigenvalue weighted by atomic mass is 14.8. The summed E-state index contributed by atoms with van der Waals surface area (Å²) >= 11 is 0. The Morgan fingerprint density at radius 3 is 2.31 bits per heavy atom. The third-order valence-electron chi connectivity index (χ3n) is 2.95. The fraction of sp³-hybridized carbons (Fsp3) is 0.214. The van der Waals surface area contributed by atoms with E-state index in [-0.39, 0.29) is 0 Å². The highest BCUT2D eigenvalue weighted by Crippen LogP contribution is 2.25. The summed E-state index contributed by atoms with van der Waals surface area (Å²) in [5.74, 6) is 0.574. The molecule has 0 radical (unpaired) electrons. The van der Waals surface area contributed by atoms with Crippen LogP contribution >= 0.6 is 0 Å². The van der Waals surface area contributed by atoms with Gasteiger partial charge in [0, 0.05) is 11.8 Å². The molecule has 0 unspecified atom stereocenters. The van der Waals surface area contributed by atoms with Crippen molar-refractivity contribution in [2.45, 2.75) is 20.8 Å². The lowest BCUT2D eigenvalue weighted by Gasteiger charge is -2.08. The van der Waals surface area contributed by atoms with Gasteiger partial charge in [0.15, 0.2) is 0 Å². The van der Waals surface area contributed by atoms with Gasteiger partial charge in [0.2, 0.25) is 0 Å². The molecule has 1 aromatic carbocycles. The molecule has 16 heavy (non-hydrogen) atoms. The molecule has 1 heterocycles. The molecule has 0 spiro atoms. The summed E-state index contributed by atoms with van der Waals surface area (Å²) in [6.07, 6.45) is 1.84. The van der Waals surface area contributed by atoms with Crippen LogP contribution in [0.15, 0.2) is 30.5 Å². The first-order valence-electron chi connectivity index (χ1n) is 5.37. The third kappa shape index (κ3) is 1.91. The zero-order chi connectivity index (χ0) is 11.7. The number of hydrogen-bond donors (Lipinski definition) is 1. The maximum Gasteiger partial charge on any atom is 0.123 e. The molecule has 2 aromatic rings. The number of anilines is 1. The van der Waals surface area contributed by atoms with Crippen LogP contribution in [-0.2, 0) is 0 Å². The van der Waals surface area contributed by atoms with Crippen LogP contribution in [0.4, 0.5) is 5.82 Å². The minimum Gasteiger partial charge on any atom is -0.384 e. The molecule has 0 saturated heterocycles. The Labute approximate surface area is 96.1 Å². The molecule has 0 atom stereocenters. The van der Waals surface area contributed by atoms with Crippen molar-refractivity contribution in [1.29, 1.82) is 0 Å². The predicted molar refractivity (Wildman–Crippen MR) is 68.3 cm³/mol. The van der Waals surface area contributed by atoms with Crippen LogP contribution in [0.5, 0.6) is 0 Å². The van der Waals surface area contributed by atoms with Crippen molar-refractivity contribution in [3.63, 3.8) is 0 Å². The summed E-state index contributed by atoms with van der Waals surface area (Å²) in [6.45, 7) is 6.30. The number of benzene rings is 1. The quantitative estimate of drug-likeness (QED) is 0.788. The van der Waals surface area contributed by atoms with Crippen molar-refractivity contribution in [2.75, 3.05) is 5.73 Å². The molecule has 0 aliphatic rings. The van der Waals surface area contributed by atoms with Gasteiger partial charge < -0.3 is 5.73 Å². The zero-order valence-electron chi connectivity index (χ0n) is 9.91. The molecule has 0 saturated carbocycles. The predicted octanol–water partition coefficient (Wildman–Crippen LogP) is 3.26. The SMILES string of the molecule is Cc1ccc(-c2cnc(N)cc2C)cc1C. The highest BCUT2D eigenvalue weighted by molar-refractivity contribution is 5.68. The monoisotopic (exact) mass is 212 g/mol. The van der Waals surface area contributed by atoms with Gasteiger partial charge >= 0.3 is 0 Å². The highest BCUT2D eigenvalue weighted by Gasteiger charge is 2.04. The Hall–Kier alpha value is -1.83. The fourth-order valence-electron chi connectivity index (χ4n) is 1.79. The molecule has 0 fully saturated rings. The number of nitrogens with zero attached hydrogens (tertiary/aromatic N) is 1. The second kappa shape index (κ2) is 3.97. The van der Waals surface area contributed by atoms with E-state index in [1.54, 1.807) is 0 Å². The average Bonchev–Trinajstić information content (AvgIpc) is 2.22. The summed E-state index contributed by atoms with van der Waals surface area (Å²) in [5, 5.41) is 0. The molecule has 2 N–H and O–H groups in total. The van der Waals surface area contributed by atoms with Crippen molar-refractivity contribution in [3.05, 3.63) is 47.2 Å². The van der Waals surface area contributed by atoms with Crippen LogP contribution in [-0.4, -0.2) is 4.98 Å². The maximum absolute atomic E-state index is 5.65. The molecule has 0 amide bonds. The van der Waals surface area contributed by atoms with Crippen molar-refractivity contribution < 1.29 is 0 Å². The zero-order valence-corrected chi connectivity index (χ0v) is 9.91. The van der Waals surface area contributed by atoms with E-state index in [2.05, 4.69) is 44.0 Å². The van der Waals surface area contributed by atoms with Gasteiger partial charge in [-0.15, -0.1) is 0 Å². The average molecular weight is 212 g/mol. The van der Waals surface area contributed by atoms with Gasteiger partial charge in [-0.05, 0) is 49.1 Å². The van der Waals surface area contributed by atoms with Crippen LogP contribution in [0.25, 0.3) is 11.1 Å². The Bertz CT molecular complexity index is 530. The van der Waals surface area contributed by atoms with Gasteiger partial charge in [-0.2, -0.15) is 0 Å². The molecule has 82 valence electrons. The number of rotatable bonds is 1. The summed E-state index contributed by atoms with van der Waals surface area (Å²) < 4.78 is 0. The van der Waals surface area contributed by atoms with E-state index in [9.17, 15) is 0 Å². The molecular weight excluding hydrogens is 196 g/mol. The van der Waals surface area contributed by atoms with E-state index in [4.69, 9.17) is 5.73 Å². The van der Waals surface area contributed by atoms with E-state index in [0.29, 0.717) is 5.82 Å². The number of hydrogen-bond acceptors (Lipinski definition) is 2. The van der Waals surface area contributed by atoms with Crippen molar-refractivity contribution >= 4 is 5.82 Å². The number of nitrogen functional groups attached to an aromatic ring is 1.